The summed E-state index contributed by atoms with van der Waals surface area (Å²) in [6.45, 7) is 2.61. The number of hydrogen-bond donors (Lipinski definition) is 1. The van der Waals surface area contributed by atoms with Crippen molar-refractivity contribution in [1.29, 1.82) is 0 Å². The second kappa shape index (κ2) is 4.72. The Kier molecular flexibility index (Phi) is 3.10. The Bertz CT molecular complexity index is 371. The van der Waals surface area contributed by atoms with Crippen molar-refractivity contribution in [3.05, 3.63) is 0 Å². The van der Waals surface area contributed by atoms with E-state index < -0.39 is 0 Å². The highest BCUT2D eigenvalue weighted by molar-refractivity contribution is 5.77. The lowest BCUT2D eigenvalue weighted by Gasteiger charge is -2.56. The second-order valence-electron chi connectivity index (χ2n) is 8.32. The molecule has 2 N–H and O–H groups in total. The first-order valence-corrected chi connectivity index (χ1v) is 8.64. The maximum absolute atomic E-state index is 12.7. The Balaban J connectivity index is 1.42. The van der Waals surface area contributed by atoms with E-state index in [1.165, 1.54) is 38.5 Å². The molecule has 5 aliphatic rings. The number of nitrogens with zero attached hydrogens (tertiary/aromatic N) is 1. The molecular formula is C17H28N2O. The van der Waals surface area contributed by atoms with Crippen molar-refractivity contribution in [2.45, 2.75) is 51.4 Å². The van der Waals surface area contributed by atoms with Gasteiger partial charge < -0.3 is 10.6 Å². The lowest BCUT2D eigenvalue weighted by Crippen LogP contribution is -2.48. The van der Waals surface area contributed by atoms with E-state index in [0.29, 0.717) is 17.2 Å². The predicted octanol–water partition coefficient (Wildman–Crippen LogP) is 2.40. The molecule has 1 aliphatic heterocycles. The Morgan fingerprint density at radius 3 is 2.20 bits per heavy atom. The fraction of sp³-hybridized carbons (Fsp3) is 0.941. The fourth-order valence-corrected chi connectivity index (χ4v) is 6.19. The number of rotatable bonds is 3. The quantitative estimate of drug-likeness (QED) is 0.860. The first-order valence-electron chi connectivity index (χ1n) is 8.64. The van der Waals surface area contributed by atoms with Gasteiger partial charge in [-0.3, -0.25) is 4.79 Å². The van der Waals surface area contributed by atoms with Gasteiger partial charge in [0, 0.05) is 19.5 Å². The van der Waals surface area contributed by atoms with Crippen molar-refractivity contribution in [3.8, 4) is 0 Å². The van der Waals surface area contributed by atoms with Crippen LogP contribution >= 0.6 is 0 Å². The highest BCUT2D eigenvalue weighted by Gasteiger charge is 2.51. The molecule has 1 saturated heterocycles. The minimum atomic E-state index is 0.395. The summed E-state index contributed by atoms with van der Waals surface area (Å²) in [5.74, 6) is 3.83. The largest absolute Gasteiger partial charge is 0.342 e. The van der Waals surface area contributed by atoms with Crippen LogP contribution in [-0.4, -0.2) is 30.4 Å². The van der Waals surface area contributed by atoms with E-state index in [9.17, 15) is 4.79 Å². The van der Waals surface area contributed by atoms with E-state index in [0.717, 1.165) is 50.2 Å². The number of amides is 1. The van der Waals surface area contributed by atoms with Crippen LogP contribution in [0.1, 0.15) is 51.4 Å². The molecule has 5 fully saturated rings. The minimum absolute atomic E-state index is 0.395. The Hall–Kier alpha value is -0.570. The van der Waals surface area contributed by atoms with Gasteiger partial charge >= 0.3 is 0 Å². The van der Waals surface area contributed by atoms with E-state index in [1.807, 2.05) is 0 Å². The Labute approximate surface area is 122 Å². The SMILES string of the molecule is NCC1CCN(C(=O)CC23CC4CC(CC(C4)C2)C3)C1. The van der Waals surface area contributed by atoms with Gasteiger partial charge in [-0.25, -0.2) is 0 Å². The normalized spacial score (nSPS) is 46.1. The third-order valence-electron chi connectivity index (χ3n) is 6.66. The van der Waals surface area contributed by atoms with Crippen LogP contribution in [0.5, 0.6) is 0 Å². The van der Waals surface area contributed by atoms with E-state index >= 15 is 0 Å². The molecule has 0 aromatic carbocycles. The molecule has 3 nitrogen and oxygen atoms in total. The van der Waals surface area contributed by atoms with Gasteiger partial charge in [0.25, 0.3) is 0 Å². The van der Waals surface area contributed by atoms with Gasteiger partial charge in [0.05, 0.1) is 0 Å². The number of nitrogens with two attached hydrogens (primary N) is 1. The summed E-state index contributed by atoms with van der Waals surface area (Å²) in [5, 5.41) is 0. The monoisotopic (exact) mass is 276 g/mol. The zero-order valence-corrected chi connectivity index (χ0v) is 12.5. The third kappa shape index (κ3) is 2.18. The van der Waals surface area contributed by atoms with Crippen molar-refractivity contribution in [1.82, 2.24) is 4.90 Å². The van der Waals surface area contributed by atoms with Gasteiger partial charge in [-0.2, -0.15) is 0 Å². The van der Waals surface area contributed by atoms with Crippen LogP contribution in [0.4, 0.5) is 0 Å². The molecule has 0 spiro atoms. The standard InChI is InChI=1S/C17H28N2O/c18-10-12-1-2-19(11-12)16(20)9-17-6-13-3-14(7-17)5-15(4-13)8-17/h12-15H,1-11,18H2. The lowest BCUT2D eigenvalue weighted by atomic mass is 9.49. The molecule has 4 aliphatic carbocycles. The average Bonchev–Trinajstić information content (AvgIpc) is 2.85. The van der Waals surface area contributed by atoms with Crippen molar-refractivity contribution >= 4 is 5.91 Å². The third-order valence-corrected chi connectivity index (χ3v) is 6.66. The zero-order valence-electron chi connectivity index (χ0n) is 12.5. The predicted molar refractivity (Wildman–Crippen MR) is 79.0 cm³/mol. The van der Waals surface area contributed by atoms with E-state index in [1.54, 1.807) is 0 Å². The molecule has 4 bridgehead atoms. The van der Waals surface area contributed by atoms with E-state index in [-0.39, 0.29) is 0 Å². The van der Waals surface area contributed by atoms with Crippen molar-refractivity contribution in [2.75, 3.05) is 19.6 Å². The van der Waals surface area contributed by atoms with Crippen LogP contribution in [0, 0.1) is 29.1 Å². The van der Waals surface area contributed by atoms with Crippen molar-refractivity contribution < 1.29 is 4.79 Å². The number of likely N-dealkylation sites (tertiary alicyclic amines) is 1. The van der Waals surface area contributed by atoms with Crippen LogP contribution in [0.25, 0.3) is 0 Å². The molecule has 4 saturated carbocycles. The van der Waals surface area contributed by atoms with Gasteiger partial charge in [0.15, 0.2) is 0 Å². The van der Waals surface area contributed by atoms with E-state index in [4.69, 9.17) is 5.73 Å². The molecule has 112 valence electrons. The summed E-state index contributed by atoms with van der Waals surface area (Å²) in [7, 11) is 0. The summed E-state index contributed by atoms with van der Waals surface area (Å²) in [4.78, 5) is 14.8. The molecule has 1 atom stereocenters. The zero-order chi connectivity index (χ0) is 13.7. The average molecular weight is 276 g/mol. The fourth-order valence-electron chi connectivity index (χ4n) is 6.19. The van der Waals surface area contributed by atoms with Gasteiger partial charge in [0.1, 0.15) is 0 Å². The van der Waals surface area contributed by atoms with Gasteiger partial charge in [-0.15, -0.1) is 0 Å². The van der Waals surface area contributed by atoms with Crippen LogP contribution in [-0.2, 0) is 4.79 Å². The number of carbonyl (C=O) groups excluding carboxylic acids is 1. The first kappa shape index (κ1) is 13.1. The molecule has 20 heavy (non-hydrogen) atoms. The van der Waals surface area contributed by atoms with Crippen molar-refractivity contribution in [3.63, 3.8) is 0 Å². The van der Waals surface area contributed by atoms with Crippen LogP contribution < -0.4 is 5.73 Å². The van der Waals surface area contributed by atoms with Gasteiger partial charge in [-0.05, 0) is 80.6 Å². The minimum Gasteiger partial charge on any atom is -0.342 e. The molecule has 1 unspecified atom stereocenters. The van der Waals surface area contributed by atoms with Crippen LogP contribution in [0.3, 0.4) is 0 Å². The second-order valence-corrected chi connectivity index (χ2v) is 8.32. The molecule has 1 heterocycles. The summed E-state index contributed by atoms with van der Waals surface area (Å²) in [5.41, 5.74) is 6.14. The highest BCUT2D eigenvalue weighted by Crippen LogP contribution is 2.61. The summed E-state index contributed by atoms with van der Waals surface area (Å²) in [6, 6.07) is 0. The molecular weight excluding hydrogens is 248 g/mol. The van der Waals surface area contributed by atoms with Gasteiger partial charge in [0.2, 0.25) is 5.91 Å². The maximum Gasteiger partial charge on any atom is 0.223 e. The summed E-state index contributed by atoms with van der Waals surface area (Å²) in [6.07, 6.45) is 10.4. The highest BCUT2D eigenvalue weighted by atomic mass is 16.2. The smallest absolute Gasteiger partial charge is 0.223 e. The molecule has 0 radical (unpaired) electrons. The summed E-state index contributed by atoms with van der Waals surface area (Å²) >= 11 is 0. The number of hydrogen-bond acceptors (Lipinski definition) is 2. The molecule has 3 heteroatoms. The molecule has 0 aromatic rings. The van der Waals surface area contributed by atoms with Crippen LogP contribution in [0.2, 0.25) is 0 Å². The van der Waals surface area contributed by atoms with Crippen molar-refractivity contribution in [2.24, 2.45) is 34.8 Å². The van der Waals surface area contributed by atoms with E-state index in [2.05, 4.69) is 4.90 Å². The summed E-state index contributed by atoms with van der Waals surface area (Å²) < 4.78 is 0. The first-order chi connectivity index (χ1) is 9.66. The molecule has 1 amide bonds. The van der Waals surface area contributed by atoms with Crippen LogP contribution in [0.15, 0.2) is 0 Å². The Morgan fingerprint density at radius 2 is 1.70 bits per heavy atom. The lowest BCUT2D eigenvalue weighted by molar-refractivity contribution is -0.138. The molecule has 5 rings (SSSR count). The number of carbonyl (C=O) groups is 1. The Morgan fingerprint density at radius 1 is 1.10 bits per heavy atom. The molecule has 0 aromatic heterocycles. The topological polar surface area (TPSA) is 46.3 Å². The maximum atomic E-state index is 12.7. The van der Waals surface area contributed by atoms with Gasteiger partial charge in [-0.1, -0.05) is 0 Å².